The van der Waals surface area contributed by atoms with E-state index in [1.54, 1.807) is 7.05 Å². The number of rotatable bonds is 7. The van der Waals surface area contributed by atoms with E-state index >= 15 is 0 Å². The van der Waals surface area contributed by atoms with Crippen LogP contribution in [0.1, 0.15) is 16.7 Å². The van der Waals surface area contributed by atoms with Gasteiger partial charge in [0, 0.05) is 50.6 Å². The molecule has 3 aromatic rings. The summed E-state index contributed by atoms with van der Waals surface area (Å²) < 4.78 is 11.6. The van der Waals surface area contributed by atoms with Gasteiger partial charge in [-0.15, -0.1) is 24.0 Å². The number of nitrogens with one attached hydrogen (secondary N) is 2. The zero-order valence-electron chi connectivity index (χ0n) is 19.7. The van der Waals surface area contributed by atoms with Gasteiger partial charge in [0.05, 0.1) is 13.2 Å². The molecule has 8 heteroatoms. The smallest absolute Gasteiger partial charge is 0.191 e. The van der Waals surface area contributed by atoms with Gasteiger partial charge in [-0.3, -0.25) is 4.99 Å². The van der Waals surface area contributed by atoms with Crippen LogP contribution in [0.25, 0.3) is 0 Å². The fourth-order valence-corrected chi connectivity index (χ4v) is 3.72. The molecule has 0 saturated carbocycles. The zero-order chi connectivity index (χ0) is 22.9. The van der Waals surface area contributed by atoms with Crippen molar-refractivity contribution in [3.8, 4) is 11.5 Å². The third-order valence-electron chi connectivity index (χ3n) is 5.49. The average molecular weight is 573 g/mol. The summed E-state index contributed by atoms with van der Waals surface area (Å²) in [6.45, 7) is 6.46. The monoisotopic (exact) mass is 573 g/mol. The van der Waals surface area contributed by atoms with E-state index in [0.717, 1.165) is 66.3 Å². The largest absolute Gasteiger partial charge is 0.457 e. The number of aryl methyl sites for hydroxylation is 1. The van der Waals surface area contributed by atoms with Crippen LogP contribution in [-0.4, -0.2) is 44.3 Å². The lowest BCUT2D eigenvalue weighted by atomic mass is 10.1. The summed E-state index contributed by atoms with van der Waals surface area (Å²) in [5.74, 6) is 3.38. The topological polar surface area (TPSA) is 71.0 Å². The SMILES string of the molecule is CN=C(NCc1ccc(C)cc1Oc1ccccc1)NCc1cccnc1N1CCOCC1.I. The number of hydrogen-bond donors (Lipinski definition) is 2. The molecule has 1 aliphatic heterocycles. The predicted octanol–water partition coefficient (Wildman–Crippen LogP) is 4.50. The number of hydrogen-bond acceptors (Lipinski definition) is 5. The van der Waals surface area contributed by atoms with Crippen LogP contribution in [0.3, 0.4) is 0 Å². The third-order valence-corrected chi connectivity index (χ3v) is 5.49. The van der Waals surface area contributed by atoms with Gasteiger partial charge in [0.15, 0.2) is 5.96 Å². The first-order valence-electron chi connectivity index (χ1n) is 11.3. The molecule has 2 heterocycles. The zero-order valence-corrected chi connectivity index (χ0v) is 22.0. The summed E-state index contributed by atoms with van der Waals surface area (Å²) in [5, 5.41) is 6.82. The minimum Gasteiger partial charge on any atom is -0.457 e. The summed E-state index contributed by atoms with van der Waals surface area (Å²) in [7, 11) is 1.78. The summed E-state index contributed by atoms with van der Waals surface area (Å²) >= 11 is 0. The second-order valence-corrected chi connectivity index (χ2v) is 7.89. The molecule has 2 aromatic carbocycles. The fourth-order valence-electron chi connectivity index (χ4n) is 3.72. The molecular formula is C26H32IN5O2. The highest BCUT2D eigenvalue weighted by molar-refractivity contribution is 14.0. The van der Waals surface area contributed by atoms with Crippen LogP contribution < -0.4 is 20.3 Å². The summed E-state index contributed by atoms with van der Waals surface area (Å²) in [6, 6.07) is 20.1. The Morgan fingerprint density at radius 1 is 1.00 bits per heavy atom. The third kappa shape index (κ3) is 7.07. The van der Waals surface area contributed by atoms with Crippen LogP contribution in [0.15, 0.2) is 71.9 Å². The second kappa shape index (κ2) is 13.1. The van der Waals surface area contributed by atoms with E-state index in [4.69, 9.17) is 9.47 Å². The number of anilines is 1. The fraction of sp³-hybridized carbons (Fsp3) is 0.308. The first-order chi connectivity index (χ1) is 16.2. The summed E-state index contributed by atoms with van der Waals surface area (Å²) in [6.07, 6.45) is 1.84. The van der Waals surface area contributed by atoms with E-state index in [9.17, 15) is 0 Å². The molecule has 0 atom stereocenters. The molecule has 0 amide bonds. The molecular weight excluding hydrogens is 541 g/mol. The van der Waals surface area contributed by atoms with Crippen molar-refractivity contribution in [2.75, 3.05) is 38.3 Å². The van der Waals surface area contributed by atoms with Crippen molar-refractivity contribution in [3.63, 3.8) is 0 Å². The van der Waals surface area contributed by atoms with Crippen molar-refractivity contribution in [1.82, 2.24) is 15.6 Å². The van der Waals surface area contributed by atoms with Crippen molar-refractivity contribution in [2.45, 2.75) is 20.0 Å². The average Bonchev–Trinajstić information content (AvgIpc) is 2.86. The van der Waals surface area contributed by atoms with Crippen LogP contribution in [-0.2, 0) is 17.8 Å². The van der Waals surface area contributed by atoms with E-state index in [2.05, 4.69) is 56.7 Å². The lowest BCUT2D eigenvalue weighted by molar-refractivity contribution is 0.122. The number of ether oxygens (including phenoxy) is 2. The van der Waals surface area contributed by atoms with Gasteiger partial charge >= 0.3 is 0 Å². The van der Waals surface area contributed by atoms with Crippen molar-refractivity contribution in [3.05, 3.63) is 83.6 Å². The standard InChI is InChI=1S/C26H31N5O2.HI/c1-20-10-11-21(24(17-20)33-23-8-4-3-5-9-23)18-29-26(27-2)30-19-22-7-6-12-28-25(22)31-13-15-32-16-14-31;/h3-12,17H,13-16,18-19H2,1-2H3,(H2,27,29,30);1H. The molecule has 0 spiro atoms. The number of pyridine rings is 1. The van der Waals surface area contributed by atoms with Crippen LogP contribution in [0.4, 0.5) is 5.82 Å². The maximum Gasteiger partial charge on any atom is 0.191 e. The van der Waals surface area contributed by atoms with Gasteiger partial charge in [-0.2, -0.15) is 0 Å². The Kier molecular flexibility index (Phi) is 9.96. The second-order valence-electron chi connectivity index (χ2n) is 7.89. The van der Waals surface area contributed by atoms with E-state index in [1.165, 1.54) is 0 Å². The van der Waals surface area contributed by atoms with Gasteiger partial charge in [0.2, 0.25) is 0 Å². The van der Waals surface area contributed by atoms with E-state index in [1.807, 2.05) is 42.6 Å². The van der Waals surface area contributed by atoms with Gasteiger partial charge in [-0.05, 0) is 36.8 Å². The molecule has 1 aromatic heterocycles. The molecule has 4 rings (SSSR count). The van der Waals surface area contributed by atoms with Crippen molar-refractivity contribution >= 4 is 35.8 Å². The van der Waals surface area contributed by atoms with Gasteiger partial charge < -0.3 is 25.0 Å². The van der Waals surface area contributed by atoms with E-state index in [0.29, 0.717) is 13.1 Å². The molecule has 34 heavy (non-hydrogen) atoms. The summed E-state index contributed by atoms with van der Waals surface area (Å²) in [5.41, 5.74) is 3.34. The van der Waals surface area contributed by atoms with E-state index in [-0.39, 0.29) is 24.0 Å². The lowest BCUT2D eigenvalue weighted by Gasteiger charge is -2.29. The number of guanidine groups is 1. The quantitative estimate of drug-likeness (QED) is 0.247. The Morgan fingerprint density at radius 2 is 1.74 bits per heavy atom. The molecule has 1 aliphatic rings. The molecule has 0 bridgehead atoms. The molecule has 7 nitrogen and oxygen atoms in total. The number of nitrogens with zero attached hydrogens (tertiary/aromatic N) is 3. The van der Waals surface area contributed by atoms with Gasteiger partial charge in [-0.25, -0.2) is 4.98 Å². The Bertz CT molecular complexity index is 1070. The Hall–Kier alpha value is -2.85. The van der Waals surface area contributed by atoms with Gasteiger partial charge in [0.25, 0.3) is 0 Å². The predicted molar refractivity (Wildman–Crippen MR) is 147 cm³/mol. The molecule has 1 saturated heterocycles. The van der Waals surface area contributed by atoms with E-state index < -0.39 is 0 Å². The normalized spacial score (nSPS) is 13.7. The van der Waals surface area contributed by atoms with Gasteiger partial charge in [-0.1, -0.05) is 36.4 Å². The maximum atomic E-state index is 6.14. The number of benzene rings is 2. The Labute approximate surface area is 218 Å². The van der Waals surface area contributed by atoms with Gasteiger partial charge in [0.1, 0.15) is 17.3 Å². The van der Waals surface area contributed by atoms with Crippen LogP contribution in [0.5, 0.6) is 11.5 Å². The van der Waals surface area contributed by atoms with Crippen molar-refractivity contribution in [2.24, 2.45) is 4.99 Å². The van der Waals surface area contributed by atoms with Crippen LogP contribution in [0, 0.1) is 6.92 Å². The number of para-hydroxylation sites is 1. The molecule has 180 valence electrons. The lowest BCUT2D eigenvalue weighted by Crippen LogP contribution is -2.39. The van der Waals surface area contributed by atoms with Crippen LogP contribution >= 0.6 is 24.0 Å². The highest BCUT2D eigenvalue weighted by atomic mass is 127. The van der Waals surface area contributed by atoms with Crippen molar-refractivity contribution < 1.29 is 9.47 Å². The maximum absolute atomic E-state index is 6.14. The Balaban J connectivity index is 0.00000324. The summed E-state index contributed by atoms with van der Waals surface area (Å²) in [4.78, 5) is 11.3. The first kappa shape index (κ1) is 25.8. The number of aromatic nitrogens is 1. The minimum atomic E-state index is 0. The molecule has 2 N–H and O–H groups in total. The molecule has 0 unspecified atom stereocenters. The highest BCUT2D eigenvalue weighted by Crippen LogP contribution is 2.26. The number of morpholine rings is 1. The van der Waals surface area contributed by atoms with Crippen molar-refractivity contribution in [1.29, 1.82) is 0 Å². The minimum absolute atomic E-state index is 0. The van der Waals surface area contributed by atoms with Crippen LogP contribution in [0.2, 0.25) is 0 Å². The molecule has 0 aliphatic carbocycles. The highest BCUT2D eigenvalue weighted by Gasteiger charge is 2.16. The Morgan fingerprint density at radius 3 is 2.47 bits per heavy atom. The number of halogens is 1. The first-order valence-corrected chi connectivity index (χ1v) is 11.3. The molecule has 0 radical (unpaired) electrons. The molecule has 1 fully saturated rings. The number of aliphatic imine (C=N–C) groups is 1.